The van der Waals surface area contributed by atoms with Gasteiger partial charge in [-0.15, -0.1) is 0 Å². The number of piperazine rings is 1. The fourth-order valence-electron chi connectivity index (χ4n) is 1.55. The third-order valence-corrected chi connectivity index (χ3v) is 4.70. The van der Waals surface area contributed by atoms with Gasteiger partial charge in [-0.2, -0.15) is 17.4 Å². The van der Waals surface area contributed by atoms with Crippen molar-refractivity contribution in [2.24, 2.45) is 0 Å². The van der Waals surface area contributed by atoms with Crippen LogP contribution in [0.5, 0.6) is 0 Å². The molecule has 0 atom stereocenters. The molecule has 9 heteroatoms. The van der Waals surface area contributed by atoms with Gasteiger partial charge in [-0.3, -0.25) is 4.79 Å². The van der Waals surface area contributed by atoms with Gasteiger partial charge in [0.15, 0.2) is 0 Å². The number of nitrogens with one attached hydrogen (secondary N) is 3. The van der Waals surface area contributed by atoms with Gasteiger partial charge in [0.2, 0.25) is 0 Å². The zero-order valence-corrected chi connectivity index (χ0v) is 10.7. The van der Waals surface area contributed by atoms with Crippen LogP contribution in [0, 0.1) is 0 Å². The Bertz CT molecular complexity index is 515. The summed E-state index contributed by atoms with van der Waals surface area (Å²) in [6, 6.07) is 0. The highest BCUT2D eigenvalue weighted by Crippen LogP contribution is 2.02. The summed E-state index contributed by atoms with van der Waals surface area (Å²) in [4.78, 5) is 13.3. The molecule has 0 radical (unpaired) electrons. The van der Waals surface area contributed by atoms with E-state index in [1.54, 1.807) is 5.38 Å². The molecule has 2 rings (SSSR count). The number of hydrogen-bond acceptors (Lipinski definition) is 5. The normalized spacial score (nSPS) is 18.4. The molecule has 0 aromatic carbocycles. The van der Waals surface area contributed by atoms with E-state index >= 15 is 0 Å². The van der Waals surface area contributed by atoms with Crippen molar-refractivity contribution in [1.82, 2.24) is 19.3 Å². The molecule has 7 nitrogen and oxygen atoms in total. The fourth-order valence-corrected chi connectivity index (χ4v) is 3.31. The number of nitrogens with zero attached hydrogens (tertiary/aromatic N) is 1. The predicted octanol–water partition coefficient (Wildman–Crippen LogP) is -1.32. The van der Waals surface area contributed by atoms with E-state index in [1.165, 1.54) is 4.31 Å². The summed E-state index contributed by atoms with van der Waals surface area (Å²) in [5.74, 6) is 0. The zero-order chi connectivity index (χ0) is 12.3. The topological polar surface area (TPSA) is 94.3 Å². The number of thiazole rings is 1. The molecule has 0 bridgehead atoms. The van der Waals surface area contributed by atoms with Crippen LogP contribution >= 0.6 is 11.3 Å². The van der Waals surface area contributed by atoms with Gasteiger partial charge >= 0.3 is 4.87 Å². The van der Waals surface area contributed by atoms with E-state index in [1.807, 2.05) is 0 Å². The molecule has 0 saturated carbocycles. The van der Waals surface area contributed by atoms with Gasteiger partial charge in [-0.05, 0) is 0 Å². The molecule has 0 amide bonds. The number of H-pyrrole nitrogens is 1. The van der Waals surface area contributed by atoms with E-state index in [2.05, 4.69) is 15.0 Å². The van der Waals surface area contributed by atoms with E-state index < -0.39 is 10.2 Å². The van der Waals surface area contributed by atoms with Gasteiger partial charge in [0.1, 0.15) is 0 Å². The standard InChI is InChI=1S/C8H14N4O3S2/c13-8-11-7(6-16-8)5-10-17(14,15)12-3-1-9-2-4-12/h6,9-10H,1-5H2,(H,11,13). The maximum atomic E-state index is 11.9. The number of aromatic amines is 1. The Balaban J connectivity index is 1.95. The van der Waals surface area contributed by atoms with E-state index in [0.29, 0.717) is 31.9 Å². The Morgan fingerprint density at radius 2 is 2.12 bits per heavy atom. The Hall–Kier alpha value is -0.740. The van der Waals surface area contributed by atoms with Crippen molar-refractivity contribution < 1.29 is 8.42 Å². The molecule has 1 aliphatic rings. The summed E-state index contributed by atoms with van der Waals surface area (Å²) in [6.45, 7) is 2.38. The van der Waals surface area contributed by atoms with Gasteiger partial charge in [-0.25, -0.2) is 0 Å². The maximum Gasteiger partial charge on any atom is 0.304 e. The summed E-state index contributed by atoms with van der Waals surface area (Å²) in [5, 5.41) is 4.70. The molecule has 0 spiro atoms. The third kappa shape index (κ3) is 3.36. The first-order valence-electron chi connectivity index (χ1n) is 5.20. The minimum absolute atomic E-state index is 0.116. The summed E-state index contributed by atoms with van der Waals surface area (Å²) >= 11 is 1.02. The van der Waals surface area contributed by atoms with Crippen LogP contribution in [0.25, 0.3) is 0 Å². The quantitative estimate of drug-likeness (QED) is 0.636. The van der Waals surface area contributed by atoms with Crippen LogP contribution in [0.15, 0.2) is 10.2 Å². The van der Waals surface area contributed by atoms with Crippen LogP contribution in [0.3, 0.4) is 0 Å². The molecule has 96 valence electrons. The molecule has 0 aliphatic carbocycles. The van der Waals surface area contributed by atoms with Crippen molar-refractivity contribution in [1.29, 1.82) is 0 Å². The first-order valence-corrected chi connectivity index (χ1v) is 7.52. The molecular weight excluding hydrogens is 264 g/mol. The summed E-state index contributed by atoms with van der Waals surface area (Å²) < 4.78 is 27.6. The Kier molecular flexibility index (Phi) is 3.94. The molecule has 17 heavy (non-hydrogen) atoms. The van der Waals surface area contributed by atoms with Crippen LogP contribution < -0.4 is 14.9 Å². The molecule has 1 saturated heterocycles. The molecule has 2 heterocycles. The maximum absolute atomic E-state index is 11.9. The highest BCUT2D eigenvalue weighted by Gasteiger charge is 2.23. The summed E-state index contributed by atoms with van der Waals surface area (Å²) in [6.07, 6.45) is 0. The van der Waals surface area contributed by atoms with Gasteiger partial charge in [-0.1, -0.05) is 11.3 Å². The fraction of sp³-hybridized carbons (Fsp3) is 0.625. The van der Waals surface area contributed by atoms with Gasteiger partial charge in [0.25, 0.3) is 10.2 Å². The minimum atomic E-state index is -3.45. The number of rotatable bonds is 4. The highest BCUT2D eigenvalue weighted by atomic mass is 32.2. The van der Waals surface area contributed by atoms with E-state index in [9.17, 15) is 13.2 Å². The predicted molar refractivity (Wildman–Crippen MR) is 65.1 cm³/mol. The lowest BCUT2D eigenvalue weighted by molar-refractivity contribution is 0.354. The van der Waals surface area contributed by atoms with Crippen molar-refractivity contribution >= 4 is 21.5 Å². The minimum Gasteiger partial charge on any atom is -0.315 e. The van der Waals surface area contributed by atoms with Gasteiger partial charge < -0.3 is 10.3 Å². The largest absolute Gasteiger partial charge is 0.315 e. The molecule has 1 aromatic heterocycles. The van der Waals surface area contributed by atoms with Crippen LogP contribution in [0.4, 0.5) is 0 Å². The van der Waals surface area contributed by atoms with Gasteiger partial charge in [0, 0.05) is 37.3 Å². The van der Waals surface area contributed by atoms with Crippen LogP contribution in [-0.2, 0) is 16.8 Å². The smallest absolute Gasteiger partial charge is 0.304 e. The molecule has 1 fully saturated rings. The SMILES string of the molecule is O=c1[nH]c(CNS(=O)(=O)N2CCNCC2)cs1. The van der Waals surface area contributed by atoms with Gasteiger partial charge in [0.05, 0.1) is 6.54 Å². The second kappa shape index (κ2) is 5.27. The number of aromatic nitrogens is 1. The lowest BCUT2D eigenvalue weighted by atomic mass is 10.4. The summed E-state index contributed by atoms with van der Waals surface area (Å²) in [7, 11) is -3.45. The van der Waals surface area contributed by atoms with Crippen molar-refractivity contribution in [3.05, 3.63) is 20.7 Å². The van der Waals surface area contributed by atoms with Crippen LogP contribution in [0.2, 0.25) is 0 Å². The Morgan fingerprint density at radius 1 is 1.41 bits per heavy atom. The monoisotopic (exact) mass is 278 g/mol. The zero-order valence-electron chi connectivity index (χ0n) is 9.10. The highest BCUT2D eigenvalue weighted by molar-refractivity contribution is 7.87. The third-order valence-electron chi connectivity index (χ3n) is 2.43. The van der Waals surface area contributed by atoms with Crippen molar-refractivity contribution in [3.63, 3.8) is 0 Å². The molecule has 3 N–H and O–H groups in total. The molecular formula is C8H14N4O3S2. The first kappa shape index (κ1) is 12.7. The lowest BCUT2D eigenvalue weighted by Crippen LogP contribution is -2.50. The van der Waals surface area contributed by atoms with Crippen LogP contribution in [0.1, 0.15) is 5.69 Å². The van der Waals surface area contributed by atoms with Crippen molar-refractivity contribution in [2.45, 2.75) is 6.54 Å². The molecule has 1 aromatic rings. The average molecular weight is 278 g/mol. The molecule has 1 aliphatic heterocycles. The van der Waals surface area contributed by atoms with E-state index in [4.69, 9.17) is 0 Å². The Labute approximate surface area is 103 Å². The van der Waals surface area contributed by atoms with E-state index in [-0.39, 0.29) is 11.4 Å². The second-order valence-electron chi connectivity index (χ2n) is 3.65. The molecule has 0 unspecified atom stereocenters. The van der Waals surface area contributed by atoms with Crippen molar-refractivity contribution in [2.75, 3.05) is 26.2 Å². The second-order valence-corrected chi connectivity index (χ2v) is 6.25. The average Bonchev–Trinajstić information content (AvgIpc) is 2.74. The van der Waals surface area contributed by atoms with Crippen LogP contribution in [-0.4, -0.2) is 43.9 Å². The number of hydrogen-bond donors (Lipinski definition) is 3. The Morgan fingerprint density at radius 3 is 2.71 bits per heavy atom. The van der Waals surface area contributed by atoms with Crippen molar-refractivity contribution in [3.8, 4) is 0 Å². The first-order chi connectivity index (χ1) is 8.08. The van der Waals surface area contributed by atoms with E-state index in [0.717, 1.165) is 11.3 Å². The lowest BCUT2D eigenvalue weighted by Gasteiger charge is -2.26. The summed E-state index contributed by atoms with van der Waals surface area (Å²) in [5.41, 5.74) is 0.582.